The first-order valence-corrected chi connectivity index (χ1v) is 7.04. The lowest BCUT2D eigenvalue weighted by atomic mass is 10.1. The van der Waals surface area contributed by atoms with Crippen LogP contribution < -0.4 is 0 Å². The number of carbonyl (C=O) groups excluding carboxylic acids is 1. The predicted molar refractivity (Wildman–Crippen MR) is 80.6 cm³/mol. The highest BCUT2D eigenvalue weighted by molar-refractivity contribution is 6.34. The molecule has 0 N–H and O–H groups in total. The summed E-state index contributed by atoms with van der Waals surface area (Å²) >= 11 is 6.05. The van der Waals surface area contributed by atoms with Gasteiger partial charge in [-0.15, -0.1) is 0 Å². The molecule has 0 unspecified atom stereocenters. The number of methoxy groups -OCH3 is 2. The van der Waals surface area contributed by atoms with Crippen LogP contribution in [0.4, 0.5) is 0 Å². The standard InChI is InChI=1S/C15H22ClNO3/c1-19-10-5-8-17(9-11-20-2)12-15(18)13-6-3-4-7-14(13)16/h3-4,6-7H,5,8-12H2,1-2H3. The van der Waals surface area contributed by atoms with Crippen LogP contribution in [-0.2, 0) is 9.47 Å². The lowest BCUT2D eigenvalue weighted by Crippen LogP contribution is -2.34. The van der Waals surface area contributed by atoms with Crippen LogP contribution in [0.2, 0.25) is 5.02 Å². The summed E-state index contributed by atoms with van der Waals surface area (Å²) in [6.07, 6.45) is 0.885. The van der Waals surface area contributed by atoms with Gasteiger partial charge in [0, 0.05) is 39.5 Å². The van der Waals surface area contributed by atoms with Gasteiger partial charge >= 0.3 is 0 Å². The second kappa shape index (κ2) is 9.88. The highest BCUT2D eigenvalue weighted by Crippen LogP contribution is 2.15. The number of Topliss-reactive ketones (excluding diaryl/α,β-unsaturated/α-hetero) is 1. The van der Waals surface area contributed by atoms with Gasteiger partial charge in [-0.2, -0.15) is 0 Å². The van der Waals surface area contributed by atoms with Gasteiger partial charge in [0.2, 0.25) is 0 Å². The van der Waals surface area contributed by atoms with Gasteiger partial charge in [0.05, 0.1) is 18.2 Å². The number of rotatable bonds is 10. The molecule has 1 rings (SSSR count). The van der Waals surface area contributed by atoms with E-state index < -0.39 is 0 Å². The third kappa shape index (κ3) is 6.01. The summed E-state index contributed by atoms with van der Waals surface area (Å²) in [5.74, 6) is 0.0316. The van der Waals surface area contributed by atoms with Crippen LogP contribution in [0.25, 0.3) is 0 Å². The van der Waals surface area contributed by atoms with E-state index in [2.05, 4.69) is 4.90 Å². The highest BCUT2D eigenvalue weighted by Gasteiger charge is 2.14. The number of benzene rings is 1. The van der Waals surface area contributed by atoms with Crippen molar-refractivity contribution < 1.29 is 14.3 Å². The number of hydrogen-bond acceptors (Lipinski definition) is 4. The maximum atomic E-state index is 12.3. The molecule has 0 atom stereocenters. The van der Waals surface area contributed by atoms with Gasteiger partial charge < -0.3 is 9.47 Å². The monoisotopic (exact) mass is 299 g/mol. The Hall–Kier alpha value is -0.940. The molecular weight excluding hydrogens is 278 g/mol. The zero-order chi connectivity index (χ0) is 14.8. The van der Waals surface area contributed by atoms with Crippen molar-refractivity contribution in [3.8, 4) is 0 Å². The maximum Gasteiger partial charge on any atom is 0.178 e. The Morgan fingerprint density at radius 2 is 1.85 bits per heavy atom. The van der Waals surface area contributed by atoms with Crippen LogP contribution in [0.15, 0.2) is 24.3 Å². The quantitative estimate of drug-likeness (QED) is 0.491. The van der Waals surface area contributed by atoms with E-state index in [9.17, 15) is 4.79 Å². The lowest BCUT2D eigenvalue weighted by molar-refractivity contribution is 0.0878. The molecule has 0 aliphatic rings. The maximum absolute atomic E-state index is 12.3. The topological polar surface area (TPSA) is 38.8 Å². The molecule has 0 saturated heterocycles. The van der Waals surface area contributed by atoms with Crippen molar-refractivity contribution in [1.29, 1.82) is 0 Å². The minimum absolute atomic E-state index is 0.0316. The van der Waals surface area contributed by atoms with Crippen molar-refractivity contribution >= 4 is 17.4 Å². The molecule has 0 saturated carbocycles. The first kappa shape index (κ1) is 17.1. The smallest absolute Gasteiger partial charge is 0.178 e. The first-order valence-electron chi connectivity index (χ1n) is 6.67. The Morgan fingerprint density at radius 1 is 1.15 bits per heavy atom. The SMILES string of the molecule is COCCCN(CCOC)CC(=O)c1ccccc1Cl. The van der Waals surface area contributed by atoms with Crippen molar-refractivity contribution in [2.24, 2.45) is 0 Å². The van der Waals surface area contributed by atoms with Crippen LogP contribution in [0, 0.1) is 0 Å². The van der Waals surface area contributed by atoms with Crippen molar-refractivity contribution in [1.82, 2.24) is 4.90 Å². The van der Waals surface area contributed by atoms with Crippen LogP contribution in [0.5, 0.6) is 0 Å². The average Bonchev–Trinajstić information content (AvgIpc) is 2.45. The summed E-state index contributed by atoms with van der Waals surface area (Å²) in [5, 5.41) is 0.501. The molecule has 0 amide bonds. The summed E-state index contributed by atoms with van der Waals surface area (Å²) in [6, 6.07) is 7.14. The van der Waals surface area contributed by atoms with Gasteiger partial charge in [-0.05, 0) is 18.6 Å². The van der Waals surface area contributed by atoms with Crippen LogP contribution in [0.1, 0.15) is 16.8 Å². The molecule has 1 aromatic rings. The fraction of sp³-hybridized carbons (Fsp3) is 0.533. The first-order chi connectivity index (χ1) is 9.69. The molecule has 0 fully saturated rings. The van der Waals surface area contributed by atoms with Crippen molar-refractivity contribution in [2.45, 2.75) is 6.42 Å². The second-order valence-electron chi connectivity index (χ2n) is 4.52. The second-order valence-corrected chi connectivity index (χ2v) is 4.93. The van der Waals surface area contributed by atoms with Crippen molar-refractivity contribution in [3.63, 3.8) is 0 Å². The Bertz CT molecular complexity index is 412. The molecule has 0 radical (unpaired) electrons. The van der Waals surface area contributed by atoms with Crippen molar-refractivity contribution in [2.75, 3.05) is 47.1 Å². The summed E-state index contributed by atoms with van der Waals surface area (Å²) < 4.78 is 10.1. The molecule has 4 nitrogen and oxygen atoms in total. The molecule has 112 valence electrons. The number of halogens is 1. The van der Waals surface area contributed by atoms with Gasteiger partial charge in [-0.3, -0.25) is 9.69 Å². The van der Waals surface area contributed by atoms with E-state index in [-0.39, 0.29) is 5.78 Å². The number of ketones is 1. The normalized spacial score (nSPS) is 11.0. The van der Waals surface area contributed by atoms with E-state index in [1.165, 1.54) is 0 Å². The summed E-state index contributed by atoms with van der Waals surface area (Å²) in [4.78, 5) is 14.3. The average molecular weight is 300 g/mol. The molecule has 20 heavy (non-hydrogen) atoms. The molecule has 0 aliphatic heterocycles. The van der Waals surface area contributed by atoms with Crippen LogP contribution in [-0.4, -0.2) is 57.8 Å². The molecule has 0 aromatic heterocycles. The zero-order valence-electron chi connectivity index (χ0n) is 12.1. The highest BCUT2D eigenvalue weighted by atomic mass is 35.5. The number of hydrogen-bond donors (Lipinski definition) is 0. The minimum atomic E-state index is 0.0316. The summed E-state index contributed by atoms with van der Waals surface area (Å²) in [5.41, 5.74) is 0.573. The predicted octanol–water partition coefficient (Wildman–Crippen LogP) is 2.51. The lowest BCUT2D eigenvalue weighted by Gasteiger charge is -2.21. The van der Waals surface area contributed by atoms with E-state index in [0.29, 0.717) is 30.3 Å². The van der Waals surface area contributed by atoms with Crippen LogP contribution in [0.3, 0.4) is 0 Å². The van der Waals surface area contributed by atoms with Gasteiger partial charge in [0.1, 0.15) is 0 Å². The van der Waals surface area contributed by atoms with E-state index in [0.717, 1.165) is 19.5 Å². The third-order valence-electron chi connectivity index (χ3n) is 2.98. The van der Waals surface area contributed by atoms with Gasteiger partial charge in [0.25, 0.3) is 0 Å². The number of nitrogens with zero attached hydrogens (tertiary/aromatic N) is 1. The summed E-state index contributed by atoms with van der Waals surface area (Å²) in [7, 11) is 3.33. The zero-order valence-corrected chi connectivity index (χ0v) is 12.9. The van der Waals surface area contributed by atoms with E-state index in [4.69, 9.17) is 21.1 Å². The Morgan fingerprint density at radius 3 is 2.50 bits per heavy atom. The minimum Gasteiger partial charge on any atom is -0.385 e. The van der Waals surface area contributed by atoms with Gasteiger partial charge in [-0.25, -0.2) is 0 Å². The van der Waals surface area contributed by atoms with E-state index in [1.807, 2.05) is 12.1 Å². The van der Waals surface area contributed by atoms with Crippen LogP contribution >= 0.6 is 11.6 Å². The molecule has 0 aliphatic carbocycles. The molecule has 0 heterocycles. The molecule has 0 bridgehead atoms. The fourth-order valence-electron chi connectivity index (χ4n) is 1.90. The van der Waals surface area contributed by atoms with E-state index in [1.54, 1.807) is 26.4 Å². The molecule has 1 aromatic carbocycles. The Kier molecular flexibility index (Phi) is 8.46. The number of ether oxygens (including phenoxy) is 2. The molecular formula is C15H22ClNO3. The Labute approximate surface area is 125 Å². The number of carbonyl (C=O) groups is 1. The van der Waals surface area contributed by atoms with E-state index >= 15 is 0 Å². The Balaban J connectivity index is 2.58. The van der Waals surface area contributed by atoms with Gasteiger partial charge in [0.15, 0.2) is 5.78 Å². The third-order valence-corrected chi connectivity index (χ3v) is 3.31. The fourth-order valence-corrected chi connectivity index (χ4v) is 2.14. The van der Waals surface area contributed by atoms with Crippen molar-refractivity contribution in [3.05, 3.63) is 34.9 Å². The van der Waals surface area contributed by atoms with Gasteiger partial charge in [-0.1, -0.05) is 23.7 Å². The molecule has 0 spiro atoms. The largest absolute Gasteiger partial charge is 0.385 e. The summed E-state index contributed by atoms with van der Waals surface area (Å²) in [6.45, 7) is 3.15. The molecule has 5 heteroatoms.